The van der Waals surface area contributed by atoms with E-state index in [0.29, 0.717) is 30.2 Å². The minimum atomic E-state index is 0.522. The molecule has 0 bridgehead atoms. The standard InChI is InChI=1S/C13H18N2O3/c1-16-10-8-11(17-2)13(12(9-10)18-3)15-7-5-4-6-14/h8-9,15H,4-5,7H2,1-3H3. The van der Waals surface area contributed by atoms with E-state index in [9.17, 15) is 0 Å². The average molecular weight is 250 g/mol. The molecular formula is C13H18N2O3. The molecule has 0 radical (unpaired) electrons. The molecule has 1 rings (SSSR count). The molecular weight excluding hydrogens is 232 g/mol. The molecule has 0 aliphatic rings. The molecule has 0 saturated carbocycles. The van der Waals surface area contributed by atoms with Crippen LogP contribution in [0.25, 0.3) is 0 Å². The third-order valence-corrected chi connectivity index (χ3v) is 2.48. The van der Waals surface area contributed by atoms with Crippen LogP contribution in [0, 0.1) is 11.3 Å². The molecule has 0 unspecified atom stereocenters. The Morgan fingerprint density at radius 1 is 1.11 bits per heavy atom. The highest BCUT2D eigenvalue weighted by Gasteiger charge is 2.12. The molecule has 1 N–H and O–H groups in total. The van der Waals surface area contributed by atoms with E-state index in [1.54, 1.807) is 33.5 Å². The molecule has 18 heavy (non-hydrogen) atoms. The highest BCUT2D eigenvalue weighted by Crippen LogP contribution is 2.38. The number of methoxy groups -OCH3 is 3. The van der Waals surface area contributed by atoms with E-state index in [0.717, 1.165) is 12.1 Å². The van der Waals surface area contributed by atoms with Gasteiger partial charge in [0.2, 0.25) is 0 Å². The van der Waals surface area contributed by atoms with Crippen molar-refractivity contribution in [3.63, 3.8) is 0 Å². The summed E-state index contributed by atoms with van der Waals surface area (Å²) in [5, 5.41) is 11.7. The van der Waals surface area contributed by atoms with E-state index in [-0.39, 0.29) is 0 Å². The third-order valence-electron chi connectivity index (χ3n) is 2.48. The van der Waals surface area contributed by atoms with Crippen molar-refractivity contribution in [2.45, 2.75) is 12.8 Å². The zero-order valence-electron chi connectivity index (χ0n) is 10.9. The van der Waals surface area contributed by atoms with Crippen molar-refractivity contribution in [1.29, 1.82) is 5.26 Å². The molecule has 98 valence electrons. The molecule has 0 spiro atoms. The van der Waals surface area contributed by atoms with Gasteiger partial charge < -0.3 is 19.5 Å². The van der Waals surface area contributed by atoms with Crippen LogP contribution in [-0.4, -0.2) is 27.9 Å². The van der Waals surface area contributed by atoms with Crippen LogP contribution in [0.15, 0.2) is 12.1 Å². The number of hydrogen-bond donors (Lipinski definition) is 1. The van der Waals surface area contributed by atoms with Crippen molar-refractivity contribution in [2.24, 2.45) is 0 Å². The van der Waals surface area contributed by atoms with Crippen LogP contribution in [0.4, 0.5) is 5.69 Å². The lowest BCUT2D eigenvalue weighted by atomic mass is 10.2. The Balaban J connectivity index is 2.89. The van der Waals surface area contributed by atoms with E-state index in [1.807, 2.05) is 0 Å². The minimum Gasteiger partial charge on any atom is -0.496 e. The van der Waals surface area contributed by atoms with Crippen molar-refractivity contribution < 1.29 is 14.2 Å². The van der Waals surface area contributed by atoms with Crippen LogP contribution in [0.1, 0.15) is 12.8 Å². The molecule has 1 aromatic carbocycles. The van der Waals surface area contributed by atoms with Crippen molar-refractivity contribution >= 4 is 5.69 Å². The summed E-state index contributed by atoms with van der Waals surface area (Å²) in [5.74, 6) is 1.98. The van der Waals surface area contributed by atoms with Gasteiger partial charge in [0.25, 0.3) is 0 Å². The zero-order valence-corrected chi connectivity index (χ0v) is 10.9. The van der Waals surface area contributed by atoms with Gasteiger partial charge >= 0.3 is 0 Å². The maximum absolute atomic E-state index is 8.49. The van der Waals surface area contributed by atoms with Gasteiger partial charge in [0.15, 0.2) is 0 Å². The van der Waals surface area contributed by atoms with Gasteiger partial charge in [-0.2, -0.15) is 5.26 Å². The molecule has 0 aromatic heterocycles. The van der Waals surface area contributed by atoms with Gasteiger partial charge in [-0.1, -0.05) is 0 Å². The summed E-state index contributed by atoms with van der Waals surface area (Å²) in [5.41, 5.74) is 0.777. The largest absolute Gasteiger partial charge is 0.496 e. The molecule has 0 amide bonds. The number of rotatable bonds is 7. The van der Waals surface area contributed by atoms with Crippen LogP contribution >= 0.6 is 0 Å². The van der Waals surface area contributed by atoms with Gasteiger partial charge in [0, 0.05) is 25.1 Å². The monoisotopic (exact) mass is 250 g/mol. The number of unbranched alkanes of at least 4 members (excludes halogenated alkanes) is 1. The summed E-state index contributed by atoms with van der Waals surface area (Å²) in [7, 11) is 4.78. The summed E-state index contributed by atoms with van der Waals surface area (Å²) in [6.45, 7) is 0.687. The molecule has 0 saturated heterocycles. The lowest BCUT2D eigenvalue weighted by Crippen LogP contribution is -2.05. The quantitative estimate of drug-likeness (QED) is 0.753. The first kappa shape index (κ1) is 14.0. The number of nitriles is 1. The second-order valence-corrected chi connectivity index (χ2v) is 3.60. The summed E-state index contributed by atoms with van der Waals surface area (Å²) in [6, 6.07) is 5.68. The molecule has 0 fully saturated rings. The van der Waals surface area contributed by atoms with E-state index in [4.69, 9.17) is 19.5 Å². The summed E-state index contributed by atoms with van der Waals surface area (Å²) < 4.78 is 15.8. The topological polar surface area (TPSA) is 63.5 Å². The van der Waals surface area contributed by atoms with Crippen LogP contribution < -0.4 is 19.5 Å². The highest BCUT2D eigenvalue weighted by atomic mass is 16.5. The normalized spacial score (nSPS) is 9.44. The van der Waals surface area contributed by atoms with Crippen molar-refractivity contribution in [3.8, 4) is 23.3 Å². The third kappa shape index (κ3) is 3.45. The van der Waals surface area contributed by atoms with Crippen LogP contribution in [0.2, 0.25) is 0 Å². The second kappa shape index (κ2) is 7.28. The molecule has 5 nitrogen and oxygen atoms in total. The molecule has 1 aromatic rings. The predicted octanol–water partition coefficient (Wildman–Crippen LogP) is 2.43. The summed E-state index contributed by atoms with van der Waals surface area (Å²) in [6.07, 6.45) is 1.29. The molecule has 0 aliphatic heterocycles. The Morgan fingerprint density at radius 3 is 2.17 bits per heavy atom. The highest BCUT2D eigenvalue weighted by molar-refractivity contribution is 5.68. The average Bonchev–Trinajstić information content (AvgIpc) is 2.42. The first-order valence-corrected chi connectivity index (χ1v) is 5.67. The van der Waals surface area contributed by atoms with Gasteiger partial charge in [0.1, 0.15) is 22.9 Å². The summed E-state index contributed by atoms with van der Waals surface area (Å²) >= 11 is 0. The van der Waals surface area contributed by atoms with E-state index in [2.05, 4.69) is 11.4 Å². The Labute approximate surface area is 107 Å². The minimum absolute atomic E-state index is 0.522. The lowest BCUT2D eigenvalue weighted by molar-refractivity contribution is 0.377. The van der Waals surface area contributed by atoms with Crippen LogP contribution in [0.5, 0.6) is 17.2 Å². The fourth-order valence-electron chi connectivity index (χ4n) is 1.56. The maximum atomic E-state index is 8.49. The molecule has 5 heteroatoms. The van der Waals surface area contributed by atoms with E-state index < -0.39 is 0 Å². The van der Waals surface area contributed by atoms with E-state index in [1.165, 1.54) is 0 Å². The Morgan fingerprint density at radius 2 is 1.72 bits per heavy atom. The van der Waals surface area contributed by atoms with Gasteiger partial charge in [0.05, 0.1) is 27.4 Å². The van der Waals surface area contributed by atoms with Gasteiger partial charge in [-0.05, 0) is 6.42 Å². The number of ether oxygens (including phenoxy) is 3. The molecule has 0 aliphatic carbocycles. The summed E-state index contributed by atoms with van der Waals surface area (Å²) in [4.78, 5) is 0. The Bertz CT molecular complexity index is 402. The number of benzene rings is 1. The van der Waals surface area contributed by atoms with Crippen LogP contribution in [-0.2, 0) is 0 Å². The van der Waals surface area contributed by atoms with Crippen molar-refractivity contribution in [3.05, 3.63) is 12.1 Å². The lowest BCUT2D eigenvalue weighted by Gasteiger charge is -2.16. The Hall–Kier alpha value is -2.09. The van der Waals surface area contributed by atoms with Crippen LogP contribution in [0.3, 0.4) is 0 Å². The molecule has 0 heterocycles. The van der Waals surface area contributed by atoms with E-state index >= 15 is 0 Å². The number of hydrogen-bond acceptors (Lipinski definition) is 5. The van der Waals surface area contributed by atoms with Gasteiger partial charge in [-0.3, -0.25) is 0 Å². The second-order valence-electron chi connectivity index (χ2n) is 3.60. The first-order chi connectivity index (χ1) is 8.76. The predicted molar refractivity (Wildman–Crippen MR) is 69.4 cm³/mol. The number of nitrogens with zero attached hydrogens (tertiary/aromatic N) is 1. The fraction of sp³-hybridized carbons (Fsp3) is 0.462. The van der Waals surface area contributed by atoms with Gasteiger partial charge in [-0.15, -0.1) is 0 Å². The Kier molecular flexibility index (Phi) is 5.65. The number of anilines is 1. The first-order valence-electron chi connectivity index (χ1n) is 5.67. The SMILES string of the molecule is COc1cc(OC)c(NCCCC#N)c(OC)c1. The fourth-order valence-corrected chi connectivity index (χ4v) is 1.56. The zero-order chi connectivity index (χ0) is 13.4. The van der Waals surface area contributed by atoms with Crippen molar-refractivity contribution in [2.75, 3.05) is 33.2 Å². The maximum Gasteiger partial charge on any atom is 0.149 e. The molecule has 0 atom stereocenters. The number of nitrogens with one attached hydrogen (secondary N) is 1. The smallest absolute Gasteiger partial charge is 0.149 e. The van der Waals surface area contributed by atoms with Gasteiger partial charge in [-0.25, -0.2) is 0 Å². The van der Waals surface area contributed by atoms with Crippen molar-refractivity contribution in [1.82, 2.24) is 0 Å².